The van der Waals surface area contributed by atoms with Gasteiger partial charge in [0.05, 0.1) is 0 Å². The van der Waals surface area contributed by atoms with Crippen LogP contribution in [0.2, 0.25) is 0 Å². The first-order valence-corrected chi connectivity index (χ1v) is 8.39. The number of nitrogens with two attached hydrogens (primary N) is 1. The highest BCUT2D eigenvalue weighted by Crippen LogP contribution is 2.33. The van der Waals surface area contributed by atoms with Crippen LogP contribution in [0.15, 0.2) is 6.33 Å². The van der Waals surface area contributed by atoms with Crippen molar-refractivity contribution in [3.05, 3.63) is 6.33 Å². The van der Waals surface area contributed by atoms with Crippen molar-refractivity contribution in [2.75, 3.05) is 35.2 Å². The van der Waals surface area contributed by atoms with Crippen LogP contribution in [-0.4, -0.2) is 35.6 Å². The van der Waals surface area contributed by atoms with Gasteiger partial charge < -0.3 is 15.5 Å². The molecule has 0 aromatic carbocycles. The van der Waals surface area contributed by atoms with E-state index < -0.39 is 0 Å². The molecular weight excluding hydrogens is 262 g/mol. The predicted molar refractivity (Wildman–Crippen MR) is 87.8 cm³/mol. The van der Waals surface area contributed by atoms with E-state index in [0.29, 0.717) is 6.04 Å². The largest absolute Gasteiger partial charge is 0.393 e. The van der Waals surface area contributed by atoms with Gasteiger partial charge in [0, 0.05) is 25.7 Å². The minimum atomic E-state index is 0.521. The van der Waals surface area contributed by atoms with Gasteiger partial charge in [-0.05, 0) is 39.0 Å². The number of hydrogen-bond donors (Lipinski definition) is 1. The van der Waals surface area contributed by atoms with Crippen LogP contribution in [0.25, 0.3) is 0 Å². The standard InChI is InChI=1S/C16H27N5/c1-13-8-4-7-11-21(13)16-14(17)15(18-12-19-16)20-9-5-2-3-6-10-20/h12-13H,2-11,17H2,1H3. The number of nitrogens with zero attached hydrogens (tertiary/aromatic N) is 4. The fraction of sp³-hybridized carbons (Fsp3) is 0.750. The normalized spacial score (nSPS) is 24.0. The molecule has 2 aliphatic heterocycles. The van der Waals surface area contributed by atoms with E-state index in [2.05, 4.69) is 26.7 Å². The topological polar surface area (TPSA) is 58.3 Å². The maximum absolute atomic E-state index is 6.45. The highest BCUT2D eigenvalue weighted by atomic mass is 15.3. The zero-order valence-electron chi connectivity index (χ0n) is 13.1. The van der Waals surface area contributed by atoms with E-state index in [0.717, 1.165) is 37.0 Å². The fourth-order valence-electron chi connectivity index (χ4n) is 3.55. The molecule has 0 spiro atoms. The van der Waals surface area contributed by atoms with Crippen LogP contribution < -0.4 is 15.5 Å². The van der Waals surface area contributed by atoms with Gasteiger partial charge >= 0.3 is 0 Å². The van der Waals surface area contributed by atoms with Crippen molar-refractivity contribution in [3.63, 3.8) is 0 Å². The molecule has 1 aromatic heterocycles. The summed E-state index contributed by atoms with van der Waals surface area (Å²) in [6.45, 7) is 5.46. The van der Waals surface area contributed by atoms with Crippen molar-refractivity contribution in [1.29, 1.82) is 0 Å². The second kappa shape index (κ2) is 6.50. The third-order valence-corrected chi connectivity index (χ3v) is 4.82. The summed E-state index contributed by atoms with van der Waals surface area (Å²) >= 11 is 0. The van der Waals surface area contributed by atoms with E-state index in [4.69, 9.17) is 5.73 Å². The molecule has 0 saturated carbocycles. The lowest BCUT2D eigenvalue weighted by Gasteiger charge is -2.35. The second-order valence-electron chi connectivity index (χ2n) is 6.37. The van der Waals surface area contributed by atoms with Gasteiger partial charge in [-0.2, -0.15) is 0 Å². The first-order chi connectivity index (χ1) is 10.3. The molecule has 0 radical (unpaired) electrons. The lowest BCUT2D eigenvalue weighted by atomic mass is 10.0. The summed E-state index contributed by atoms with van der Waals surface area (Å²) in [4.78, 5) is 13.7. The summed E-state index contributed by atoms with van der Waals surface area (Å²) in [5.74, 6) is 1.89. The van der Waals surface area contributed by atoms with Crippen LogP contribution in [0.4, 0.5) is 17.3 Å². The lowest BCUT2D eigenvalue weighted by molar-refractivity contribution is 0.481. The summed E-state index contributed by atoms with van der Waals surface area (Å²) < 4.78 is 0. The molecule has 0 bridgehead atoms. The maximum Gasteiger partial charge on any atom is 0.157 e. The Bertz CT molecular complexity index is 468. The molecular formula is C16H27N5. The lowest BCUT2D eigenvalue weighted by Crippen LogP contribution is -2.39. The minimum absolute atomic E-state index is 0.521. The third-order valence-electron chi connectivity index (χ3n) is 4.82. The Kier molecular flexibility index (Phi) is 4.46. The Labute approximate surface area is 127 Å². The van der Waals surface area contributed by atoms with Crippen LogP contribution in [0.3, 0.4) is 0 Å². The summed E-state index contributed by atoms with van der Waals surface area (Å²) in [6.07, 6.45) is 10.6. The van der Waals surface area contributed by atoms with Gasteiger partial charge in [-0.15, -0.1) is 0 Å². The van der Waals surface area contributed by atoms with Gasteiger partial charge in [-0.1, -0.05) is 12.8 Å². The SMILES string of the molecule is CC1CCCCN1c1ncnc(N2CCCCCC2)c1N. The van der Waals surface area contributed by atoms with Crippen molar-refractivity contribution >= 4 is 17.3 Å². The Morgan fingerprint density at radius 1 is 0.952 bits per heavy atom. The van der Waals surface area contributed by atoms with Gasteiger partial charge in [0.2, 0.25) is 0 Å². The zero-order chi connectivity index (χ0) is 14.7. The molecule has 2 N–H and O–H groups in total. The molecule has 1 atom stereocenters. The molecule has 0 amide bonds. The first-order valence-electron chi connectivity index (χ1n) is 8.39. The van der Waals surface area contributed by atoms with Gasteiger partial charge in [0.25, 0.3) is 0 Å². The van der Waals surface area contributed by atoms with Gasteiger partial charge in [-0.25, -0.2) is 9.97 Å². The van der Waals surface area contributed by atoms with E-state index >= 15 is 0 Å². The van der Waals surface area contributed by atoms with E-state index in [1.54, 1.807) is 6.33 Å². The summed E-state index contributed by atoms with van der Waals surface area (Å²) in [6, 6.07) is 0.521. The van der Waals surface area contributed by atoms with E-state index in [-0.39, 0.29) is 0 Å². The second-order valence-corrected chi connectivity index (χ2v) is 6.37. The molecule has 5 nitrogen and oxygen atoms in total. The highest BCUT2D eigenvalue weighted by Gasteiger charge is 2.24. The summed E-state index contributed by atoms with van der Waals surface area (Å²) in [7, 11) is 0. The van der Waals surface area contributed by atoms with Crippen LogP contribution in [-0.2, 0) is 0 Å². The Balaban J connectivity index is 1.87. The molecule has 2 saturated heterocycles. The molecule has 3 heterocycles. The quantitative estimate of drug-likeness (QED) is 0.907. The molecule has 0 aliphatic carbocycles. The molecule has 3 rings (SSSR count). The fourth-order valence-corrected chi connectivity index (χ4v) is 3.55. The number of hydrogen-bond acceptors (Lipinski definition) is 5. The van der Waals surface area contributed by atoms with Crippen LogP contribution in [0.1, 0.15) is 51.9 Å². The highest BCUT2D eigenvalue weighted by molar-refractivity contribution is 5.76. The Morgan fingerprint density at radius 2 is 1.62 bits per heavy atom. The van der Waals surface area contributed by atoms with Crippen LogP contribution in [0, 0.1) is 0 Å². The monoisotopic (exact) mass is 289 g/mol. The van der Waals surface area contributed by atoms with E-state index in [1.165, 1.54) is 44.9 Å². The molecule has 21 heavy (non-hydrogen) atoms. The Morgan fingerprint density at radius 3 is 2.33 bits per heavy atom. The van der Waals surface area contributed by atoms with E-state index in [9.17, 15) is 0 Å². The number of aromatic nitrogens is 2. The van der Waals surface area contributed by atoms with Crippen molar-refractivity contribution in [2.45, 2.75) is 57.9 Å². The average Bonchev–Trinajstić information content (AvgIpc) is 2.77. The third kappa shape index (κ3) is 3.06. The summed E-state index contributed by atoms with van der Waals surface area (Å²) in [5.41, 5.74) is 7.22. The smallest absolute Gasteiger partial charge is 0.157 e. The van der Waals surface area contributed by atoms with Crippen LogP contribution >= 0.6 is 0 Å². The molecule has 1 unspecified atom stereocenters. The molecule has 5 heteroatoms. The van der Waals surface area contributed by atoms with Gasteiger partial charge in [0.1, 0.15) is 12.0 Å². The van der Waals surface area contributed by atoms with Crippen LogP contribution in [0.5, 0.6) is 0 Å². The predicted octanol–water partition coefficient (Wildman–Crippen LogP) is 2.82. The zero-order valence-corrected chi connectivity index (χ0v) is 13.1. The molecule has 1 aromatic rings. The minimum Gasteiger partial charge on any atom is -0.393 e. The number of nitrogen functional groups attached to an aromatic ring is 1. The van der Waals surface area contributed by atoms with Crippen molar-refractivity contribution in [3.8, 4) is 0 Å². The Hall–Kier alpha value is -1.52. The van der Waals surface area contributed by atoms with Gasteiger partial charge in [0.15, 0.2) is 11.6 Å². The molecule has 116 valence electrons. The van der Waals surface area contributed by atoms with E-state index in [1.807, 2.05) is 0 Å². The average molecular weight is 289 g/mol. The van der Waals surface area contributed by atoms with Crippen molar-refractivity contribution < 1.29 is 0 Å². The molecule has 2 aliphatic rings. The number of rotatable bonds is 2. The first kappa shape index (κ1) is 14.4. The number of anilines is 3. The summed E-state index contributed by atoms with van der Waals surface area (Å²) in [5, 5.41) is 0. The van der Waals surface area contributed by atoms with Crippen molar-refractivity contribution in [2.24, 2.45) is 0 Å². The maximum atomic E-state index is 6.45. The number of piperidine rings is 1. The van der Waals surface area contributed by atoms with Crippen molar-refractivity contribution in [1.82, 2.24) is 9.97 Å². The molecule has 2 fully saturated rings. The van der Waals surface area contributed by atoms with Gasteiger partial charge in [-0.3, -0.25) is 0 Å².